The molecule has 0 saturated carbocycles. The van der Waals surface area contributed by atoms with Gasteiger partial charge in [-0.3, -0.25) is 9.59 Å². The summed E-state index contributed by atoms with van der Waals surface area (Å²) in [6, 6.07) is 0. The van der Waals surface area contributed by atoms with Crippen molar-refractivity contribution in [3.05, 3.63) is 11.6 Å². The van der Waals surface area contributed by atoms with Crippen LogP contribution in [-0.2, 0) is 9.59 Å². The van der Waals surface area contributed by atoms with Gasteiger partial charge in [0.25, 0.3) is 0 Å². The quantitative estimate of drug-likeness (QED) is 0.638. The molecule has 1 rings (SSSR count). The lowest BCUT2D eigenvalue weighted by molar-refractivity contribution is -0.137. The van der Waals surface area contributed by atoms with E-state index in [2.05, 4.69) is 5.32 Å². The average Bonchev–Trinajstić information content (AvgIpc) is 2.14. The molecule has 1 aliphatic heterocycles. The maximum Gasteiger partial charge on any atom is 0.322 e. The Morgan fingerprint density at radius 3 is 2.93 bits per heavy atom. The molecule has 1 heterocycles. The molecule has 1 amide bonds. The van der Waals surface area contributed by atoms with Gasteiger partial charge in [0, 0.05) is 18.7 Å². The number of hydrogen-bond donors (Lipinski definition) is 2. The number of likely N-dealkylation sites (N-methyl/N-ethyl adjacent to an activating group) is 1. The van der Waals surface area contributed by atoms with Crippen molar-refractivity contribution in [3.8, 4) is 0 Å². The zero-order valence-electron chi connectivity index (χ0n) is 8.12. The first-order valence-corrected chi connectivity index (χ1v) is 4.47. The summed E-state index contributed by atoms with van der Waals surface area (Å²) in [5, 5.41) is 10.7. The minimum atomic E-state index is -1.02. The number of rotatable bonds is 3. The highest BCUT2D eigenvalue weighted by Gasteiger charge is 2.15. The summed E-state index contributed by atoms with van der Waals surface area (Å²) in [7, 11) is 1.93. The Labute approximate surface area is 82.4 Å². The lowest BCUT2D eigenvalue weighted by Gasteiger charge is -2.21. The fraction of sp³-hybridized carbons (Fsp3) is 0.556. The second-order valence-corrected chi connectivity index (χ2v) is 3.33. The van der Waals surface area contributed by atoms with Crippen LogP contribution in [0.4, 0.5) is 0 Å². The first-order valence-electron chi connectivity index (χ1n) is 4.47. The predicted molar refractivity (Wildman–Crippen MR) is 50.8 cm³/mol. The third-order valence-corrected chi connectivity index (χ3v) is 2.03. The van der Waals surface area contributed by atoms with Crippen LogP contribution in [-0.4, -0.2) is 48.6 Å². The van der Waals surface area contributed by atoms with Gasteiger partial charge in [0.1, 0.15) is 6.54 Å². The minimum Gasteiger partial charge on any atom is -0.480 e. The van der Waals surface area contributed by atoms with E-state index in [1.165, 1.54) is 0 Å². The number of nitrogens with one attached hydrogen (secondary N) is 1. The Morgan fingerprint density at radius 2 is 2.36 bits per heavy atom. The summed E-state index contributed by atoms with van der Waals surface area (Å²) in [4.78, 5) is 23.6. The van der Waals surface area contributed by atoms with E-state index in [9.17, 15) is 9.59 Å². The molecule has 5 nitrogen and oxygen atoms in total. The van der Waals surface area contributed by atoms with Crippen LogP contribution in [0.5, 0.6) is 0 Å². The maximum atomic E-state index is 11.4. The van der Waals surface area contributed by atoms with E-state index in [0.717, 1.165) is 13.0 Å². The standard InChI is InChI=1S/C9H14N2O3/c1-11-4-2-3-7(6-11)9(14)10-5-8(12)13/h3H,2,4-6H2,1H3,(H,10,14)(H,12,13). The summed E-state index contributed by atoms with van der Waals surface area (Å²) in [5.74, 6) is -1.30. The molecular formula is C9H14N2O3. The van der Waals surface area contributed by atoms with Gasteiger partial charge in [-0.15, -0.1) is 0 Å². The second kappa shape index (κ2) is 4.76. The summed E-state index contributed by atoms with van der Waals surface area (Å²) in [5.41, 5.74) is 0.653. The molecule has 2 N–H and O–H groups in total. The minimum absolute atomic E-state index is 0.279. The van der Waals surface area contributed by atoms with Gasteiger partial charge in [0.2, 0.25) is 5.91 Å². The number of amides is 1. The first-order chi connectivity index (χ1) is 6.59. The molecule has 0 aromatic heterocycles. The molecule has 78 valence electrons. The lowest BCUT2D eigenvalue weighted by atomic mass is 10.1. The van der Waals surface area contributed by atoms with Crippen LogP contribution in [0.2, 0.25) is 0 Å². The number of carboxylic acids is 1. The summed E-state index contributed by atoms with van der Waals surface area (Å²) >= 11 is 0. The molecule has 0 unspecified atom stereocenters. The lowest BCUT2D eigenvalue weighted by Crippen LogP contribution is -2.36. The van der Waals surface area contributed by atoms with Gasteiger partial charge in [-0.2, -0.15) is 0 Å². The average molecular weight is 198 g/mol. The van der Waals surface area contributed by atoms with Gasteiger partial charge in [-0.1, -0.05) is 6.08 Å². The topological polar surface area (TPSA) is 69.6 Å². The highest BCUT2D eigenvalue weighted by Crippen LogP contribution is 2.07. The predicted octanol–water partition coefficient (Wildman–Crippen LogP) is -0.551. The van der Waals surface area contributed by atoms with Crippen molar-refractivity contribution in [2.75, 3.05) is 26.7 Å². The van der Waals surface area contributed by atoms with E-state index in [4.69, 9.17) is 5.11 Å². The summed E-state index contributed by atoms with van der Waals surface area (Å²) in [6.07, 6.45) is 2.70. The molecule has 0 aliphatic carbocycles. The second-order valence-electron chi connectivity index (χ2n) is 3.33. The first kappa shape index (κ1) is 10.7. The van der Waals surface area contributed by atoms with Gasteiger partial charge in [-0.05, 0) is 13.5 Å². The van der Waals surface area contributed by atoms with E-state index < -0.39 is 5.97 Å². The third-order valence-electron chi connectivity index (χ3n) is 2.03. The Bertz CT molecular complexity index is 273. The summed E-state index contributed by atoms with van der Waals surface area (Å²) in [6.45, 7) is 1.21. The van der Waals surface area contributed by atoms with Gasteiger partial charge in [0.05, 0.1) is 0 Å². The molecule has 0 spiro atoms. The Kier molecular flexibility index (Phi) is 3.64. The molecule has 0 saturated heterocycles. The van der Waals surface area contributed by atoms with Crippen molar-refractivity contribution in [1.82, 2.24) is 10.2 Å². The zero-order chi connectivity index (χ0) is 10.6. The monoisotopic (exact) mass is 198 g/mol. The Balaban J connectivity index is 2.44. The number of carboxylic acid groups (broad SMARTS) is 1. The van der Waals surface area contributed by atoms with Gasteiger partial charge >= 0.3 is 5.97 Å². The van der Waals surface area contributed by atoms with E-state index >= 15 is 0 Å². The summed E-state index contributed by atoms with van der Waals surface area (Å²) < 4.78 is 0. The molecule has 14 heavy (non-hydrogen) atoms. The molecule has 0 radical (unpaired) electrons. The van der Waals surface area contributed by atoms with Crippen LogP contribution in [0.1, 0.15) is 6.42 Å². The van der Waals surface area contributed by atoms with Gasteiger partial charge in [0.15, 0.2) is 0 Å². The molecule has 0 bridgehead atoms. The third kappa shape index (κ3) is 3.18. The fourth-order valence-electron chi connectivity index (χ4n) is 1.33. The normalized spacial score (nSPS) is 17.4. The molecule has 0 aromatic rings. The van der Waals surface area contributed by atoms with Crippen LogP contribution in [0, 0.1) is 0 Å². The van der Waals surface area contributed by atoms with Crippen LogP contribution in [0.25, 0.3) is 0 Å². The van der Waals surface area contributed by atoms with Crippen LogP contribution in [0.15, 0.2) is 11.6 Å². The van der Waals surface area contributed by atoms with Crippen LogP contribution < -0.4 is 5.32 Å². The molecule has 0 fully saturated rings. The fourth-order valence-corrected chi connectivity index (χ4v) is 1.33. The number of nitrogens with zero attached hydrogens (tertiary/aromatic N) is 1. The van der Waals surface area contributed by atoms with Crippen LogP contribution in [0.3, 0.4) is 0 Å². The zero-order valence-corrected chi connectivity index (χ0v) is 8.12. The molecule has 1 aliphatic rings. The number of carbonyl (C=O) groups is 2. The smallest absolute Gasteiger partial charge is 0.322 e. The highest BCUT2D eigenvalue weighted by atomic mass is 16.4. The van der Waals surface area contributed by atoms with Crippen molar-refractivity contribution in [2.24, 2.45) is 0 Å². The maximum absolute atomic E-state index is 11.4. The van der Waals surface area contributed by atoms with Crippen LogP contribution >= 0.6 is 0 Å². The molecule has 0 atom stereocenters. The van der Waals surface area contributed by atoms with Crippen molar-refractivity contribution in [3.63, 3.8) is 0 Å². The largest absolute Gasteiger partial charge is 0.480 e. The van der Waals surface area contributed by atoms with Crippen molar-refractivity contribution < 1.29 is 14.7 Å². The van der Waals surface area contributed by atoms with Gasteiger partial charge < -0.3 is 15.3 Å². The molecule has 5 heteroatoms. The molecule has 0 aromatic carbocycles. The molecular weight excluding hydrogens is 184 g/mol. The van der Waals surface area contributed by atoms with Crippen molar-refractivity contribution in [1.29, 1.82) is 0 Å². The van der Waals surface area contributed by atoms with E-state index in [1.54, 1.807) is 0 Å². The van der Waals surface area contributed by atoms with E-state index in [-0.39, 0.29) is 12.5 Å². The van der Waals surface area contributed by atoms with Crippen molar-refractivity contribution in [2.45, 2.75) is 6.42 Å². The highest BCUT2D eigenvalue weighted by molar-refractivity contribution is 5.95. The number of hydrogen-bond acceptors (Lipinski definition) is 3. The van der Waals surface area contributed by atoms with E-state index in [0.29, 0.717) is 12.1 Å². The SMILES string of the molecule is CN1CCC=C(C(=O)NCC(=O)O)C1. The van der Waals surface area contributed by atoms with Gasteiger partial charge in [-0.25, -0.2) is 0 Å². The Morgan fingerprint density at radius 1 is 1.64 bits per heavy atom. The Hall–Kier alpha value is -1.36. The van der Waals surface area contributed by atoms with Crippen molar-refractivity contribution >= 4 is 11.9 Å². The number of carbonyl (C=O) groups excluding carboxylic acids is 1. The number of aliphatic carboxylic acids is 1. The van der Waals surface area contributed by atoms with E-state index in [1.807, 2.05) is 18.0 Å².